The van der Waals surface area contributed by atoms with Crippen molar-refractivity contribution in [1.82, 2.24) is 4.90 Å². The predicted octanol–water partition coefficient (Wildman–Crippen LogP) is 2.32. The lowest BCUT2D eigenvalue weighted by molar-refractivity contribution is 0.230. The van der Waals surface area contributed by atoms with Gasteiger partial charge in [0.25, 0.3) is 0 Å². The fourth-order valence-electron chi connectivity index (χ4n) is 4.36. The van der Waals surface area contributed by atoms with Gasteiger partial charge in [0.2, 0.25) is 0 Å². The molecule has 3 N–H and O–H groups in total. The Labute approximate surface area is 142 Å². The van der Waals surface area contributed by atoms with Gasteiger partial charge in [-0.05, 0) is 36.3 Å². The van der Waals surface area contributed by atoms with E-state index in [-0.39, 0.29) is 0 Å². The molecule has 124 valence electrons. The van der Waals surface area contributed by atoms with Crippen molar-refractivity contribution in [2.24, 2.45) is 17.8 Å². The summed E-state index contributed by atoms with van der Waals surface area (Å²) >= 11 is 6.15. The van der Waals surface area contributed by atoms with Crippen LogP contribution >= 0.6 is 11.6 Å². The average Bonchev–Trinajstić information content (AvgIpc) is 3.01. The number of aliphatic hydroxyl groups excluding tert-OH is 1. The molecule has 0 amide bonds. The Morgan fingerprint density at radius 1 is 1.26 bits per heavy atom. The van der Waals surface area contributed by atoms with Crippen molar-refractivity contribution in [1.29, 1.82) is 0 Å². The molecule has 2 aliphatic heterocycles. The van der Waals surface area contributed by atoms with Gasteiger partial charge in [-0.15, -0.1) is 0 Å². The third kappa shape index (κ3) is 2.73. The van der Waals surface area contributed by atoms with E-state index in [2.05, 4.69) is 28.0 Å². The van der Waals surface area contributed by atoms with Crippen LogP contribution in [0, 0.1) is 17.8 Å². The van der Waals surface area contributed by atoms with Crippen molar-refractivity contribution in [2.45, 2.75) is 6.42 Å². The molecule has 4 nitrogen and oxygen atoms in total. The Morgan fingerprint density at radius 3 is 2.78 bits per heavy atom. The third-order valence-electron chi connectivity index (χ3n) is 5.67. The summed E-state index contributed by atoms with van der Waals surface area (Å²) < 4.78 is 0. The second-order valence-corrected chi connectivity index (χ2v) is 7.44. The number of hydrogen-bond acceptors (Lipinski definition) is 4. The molecule has 3 aliphatic rings. The zero-order chi connectivity index (χ0) is 16.0. The highest BCUT2D eigenvalue weighted by Crippen LogP contribution is 2.52. The molecule has 1 aromatic rings. The number of aliphatic hydroxyl groups is 1. The van der Waals surface area contributed by atoms with Gasteiger partial charge < -0.3 is 20.6 Å². The summed E-state index contributed by atoms with van der Waals surface area (Å²) in [7, 11) is 0. The minimum absolute atomic E-state index is 0.302. The van der Waals surface area contributed by atoms with Gasteiger partial charge in [0, 0.05) is 50.6 Å². The summed E-state index contributed by atoms with van der Waals surface area (Å²) in [5.41, 5.74) is 9.11. The van der Waals surface area contributed by atoms with Gasteiger partial charge in [0.05, 0.1) is 10.7 Å². The minimum Gasteiger partial charge on any atom is -0.397 e. The molecule has 1 aliphatic carbocycles. The van der Waals surface area contributed by atoms with E-state index in [9.17, 15) is 0 Å². The van der Waals surface area contributed by atoms with E-state index in [0.29, 0.717) is 17.3 Å². The molecule has 1 saturated carbocycles. The molecule has 23 heavy (non-hydrogen) atoms. The van der Waals surface area contributed by atoms with Crippen LogP contribution in [0.3, 0.4) is 0 Å². The van der Waals surface area contributed by atoms with Crippen molar-refractivity contribution in [3.8, 4) is 0 Å². The first kappa shape index (κ1) is 15.3. The van der Waals surface area contributed by atoms with Crippen LogP contribution in [0.5, 0.6) is 0 Å². The number of hydrogen-bond donors (Lipinski definition) is 2. The summed E-state index contributed by atoms with van der Waals surface area (Å²) in [4.78, 5) is 4.95. The monoisotopic (exact) mass is 333 g/mol. The van der Waals surface area contributed by atoms with Crippen LogP contribution in [-0.4, -0.2) is 49.3 Å². The Balaban J connectivity index is 1.40. The fourth-order valence-corrected chi connectivity index (χ4v) is 4.52. The molecule has 1 saturated heterocycles. The van der Waals surface area contributed by atoms with Gasteiger partial charge >= 0.3 is 0 Å². The maximum Gasteiger partial charge on any atom is 0.0643 e. The van der Waals surface area contributed by atoms with Crippen molar-refractivity contribution in [3.63, 3.8) is 0 Å². The SMILES string of the molecule is Nc1c(Cl)ccc2c1C=CCN2CC1C2CN(CCCO)CC21. The molecule has 4 rings (SSSR count). The maximum absolute atomic E-state index is 8.95. The predicted molar refractivity (Wildman–Crippen MR) is 95.7 cm³/mol. The second kappa shape index (κ2) is 6.00. The fraction of sp³-hybridized carbons (Fsp3) is 0.556. The number of piperidine rings is 1. The first-order valence-corrected chi connectivity index (χ1v) is 8.89. The molecular weight excluding hydrogens is 310 g/mol. The second-order valence-electron chi connectivity index (χ2n) is 7.03. The van der Waals surface area contributed by atoms with Gasteiger partial charge in [-0.1, -0.05) is 23.8 Å². The normalized spacial score (nSPS) is 28.8. The highest BCUT2D eigenvalue weighted by atomic mass is 35.5. The van der Waals surface area contributed by atoms with Crippen LogP contribution in [0.1, 0.15) is 12.0 Å². The van der Waals surface area contributed by atoms with Gasteiger partial charge in [-0.2, -0.15) is 0 Å². The van der Waals surface area contributed by atoms with Crippen LogP contribution in [-0.2, 0) is 0 Å². The molecule has 2 unspecified atom stereocenters. The van der Waals surface area contributed by atoms with Crippen LogP contribution in [0.2, 0.25) is 5.02 Å². The number of benzene rings is 1. The summed E-state index contributed by atoms with van der Waals surface area (Å²) in [5.74, 6) is 2.48. The summed E-state index contributed by atoms with van der Waals surface area (Å²) in [5, 5.41) is 9.58. The first-order valence-electron chi connectivity index (χ1n) is 8.51. The number of likely N-dealkylation sites (tertiary alicyclic amines) is 1. The van der Waals surface area contributed by atoms with Crippen LogP contribution in [0.25, 0.3) is 6.08 Å². The number of fused-ring (bicyclic) bond motifs is 2. The third-order valence-corrected chi connectivity index (χ3v) is 6.00. The zero-order valence-corrected chi connectivity index (χ0v) is 14.0. The van der Waals surface area contributed by atoms with E-state index in [1.54, 1.807) is 0 Å². The lowest BCUT2D eigenvalue weighted by Gasteiger charge is -2.30. The van der Waals surface area contributed by atoms with E-state index >= 15 is 0 Å². The number of halogens is 1. The van der Waals surface area contributed by atoms with Gasteiger partial charge in [-0.3, -0.25) is 0 Å². The number of nitrogen functional groups attached to an aromatic ring is 1. The van der Waals surface area contributed by atoms with Crippen molar-refractivity contribution < 1.29 is 5.11 Å². The van der Waals surface area contributed by atoms with Crippen molar-refractivity contribution in [3.05, 3.63) is 28.8 Å². The molecular formula is C18H24ClN3O. The summed E-state index contributed by atoms with van der Waals surface area (Å²) in [6.45, 7) is 5.82. The van der Waals surface area contributed by atoms with Gasteiger partial charge in [0.15, 0.2) is 0 Å². The number of nitrogens with two attached hydrogens (primary N) is 1. The lowest BCUT2D eigenvalue weighted by Crippen LogP contribution is -2.33. The van der Waals surface area contributed by atoms with Crippen molar-refractivity contribution >= 4 is 29.1 Å². The Bertz CT molecular complexity index is 621. The van der Waals surface area contributed by atoms with Gasteiger partial charge in [-0.25, -0.2) is 0 Å². The van der Waals surface area contributed by atoms with E-state index in [1.807, 2.05) is 6.07 Å². The van der Waals surface area contributed by atoms with Crippen LogP contribution in [0.4, 0.5) is 11.4 Å². The van der Waals surface area contributed by atoms with E-state index < -0.39 is 0 Å². The Hall–Kier alpha value is -1.23. The number of anilines is 2. The molecule has 5 heteroatoms. The number of nitrogens with zero attached hydrogens (tertiary/aromatic N) is 2. The number of rotatable bonds is 5. The smallest absolute Gasteiger partial charge is 0.0643 e. The van der Waals surface area contributed by atoms with Crippen LogP contribution < -0.4 is 10.6 Å². The molecule has 2 fully saturated rings. The Kier molecular flexibility index (Phi) is 4.00. The van der Waals surface area contributed by atoms with Gasteiger partial charge in [0.1, 0.15) is 0 Å². The summed E-state index contributed by atoms with van der Waals surface area (Å²) in [6, 6.07) is 4.01. The first-order chi connectivity index (χ1) is 11.2. The lowest BCUT2D eigenvalue weighted by atomic mass is 10.0. The van der Waals surface area contributed by atoms with E-state index in [0.717, 1.165) is 49.4 Å². The molecule has 0 bridgehead atoms. The maximum atomic E-state index is 8.95. The summed E-state index contributed by atoms with van der Waals surface area (Å²) in [6.07, 6.45) is 5.17. The van der Waals surface area contributed by atoms with Crippen molar-refractivity contribution in [2.75, 3.05) is 50.0 Å². The van der Waals surface area contributed by atoms with E-state index in [4.69, 9.17) is 22.4 Å². The standard InChI is InChI=1S/C18H24ClN3O/c19-16-4-5-17-12(18(16)20)3-1-7-22(17)11-15-13-9-21(6-2-8-23)10-14(13)15/h1,3-5,13-15,23H,2,6-11,20H2. The molecule has 0 spiro atoms. The quantitative estimate of drug-likeness (QED) is 0.812. The molecule has 1 aromatic carbocycles. The molecule has 0 radical (unpaired) electrons. The average molecular weight is 334 g/mol. The molecule has 0 aromatic heterocycles. The Morgan fingerprint density at radius 2 is 2.04 bits per heavy atom. The van der Waals surface area contributed by atoms with Crippen LogP contribution in [0.15, 0.2) is 18.2 Å². The zero-order valence-electron chi connectivity index (χ0n) is 13.3. The minimum atomic E-state index is 0.302. The molecule has 2 atom stereocenters. The largest absolute Gasteiger partial charge is 0.397 e. The molecule has 2 heterocycles. The topological polar surface area (TPSA) is 52.7 Å². The highest BCUT2D eigenvalue weighted by molar-refractivity contribution is 6.33. The highest BCUT2D eigenvalue weighted by Gasteiger charge is 2.55. The van der Waals surface area contributed by atoms with E-state index in [1.165, 1.54) is 18.8 Å².